The molecule has 1 atom stereocenters. The molecule has 0 bridgehead atoms. The van der Waals surface area contributed by atoms with Crippen molar-refractivity contribution in [2.45, 2.75) is 39.2 Å². The number of likely N-dealkylation sites (tertiary alicyclic amines) is 1. The zero-order valence-corrected chi connectivity index (χ0v) is 12.2. The van der Waals surface area contributed by atoms with Crippen molar-refractivity contribution in [2.75, 3.05) is 25.4 Å². The van der Waals surface area contributed by atoms with E-state index in [9.17, 15) is 4.79 Å². The second-order valence-electron chi connectivity index (χ2n) is 5.62. The highest BCUT2D eigenvalue weighted by atomic mass is 16.3. The number of nitrogen functional groups attached to an aromatic ring is 1. The van der Waals surface area contributed by atoms with Crippen LogP contribution in [0.3, 0.4) is 0 Å². The van der Waals surface area contributed by atoms with Gasteiger partial charge in [-0.1, -0.05) is 6.92 Å². The number of anilines is 1. The topological polar surface area (TPSA) is 71.5 Å². The second kappa shape index (κ2) is 6.79. The lowest BCUT2D eigenvalue weighted by atomic mass is 9.95. The molecule has 0 spiro atoms. The molecule has 2 heterocycles. The van der Waals surface area contributed by atoms with Gasteiger partial charge in [0, 0.05) is 32.4 Å². The minimum atomic E-state index is 0.0674. The molecule has 20 heavy (non-hydrogen) atoms. The summed E-state index contributed by atoms with van der Waals surface area (Å²) in [6.07, 6.45) is 5.71. The van der Waals surface area contributed by atoms with E-state index in [2.05, 4.69) is 6.92 Å². The molecule has 1 aliphatic rings. The van der Waals surface area contributed by atoms with Crippen molar-refractivity contribution in [3.8, 4) is 0 Å². The molecule has 5 heteroatoms. The molecule has 2 rings (SSSR count). The Bertz CT molecular complexity index is 454. The lowest BCUT2D eigenvalue weighted by molar-refractivity contribution is 0.0642. The Kier molecular flexibility index (Phi) is 5.06. The van der Waals surface area contributed by atoms with Gasteiger partial charge in [-0.05, 0) is 37.7 Å². The van der Waals surface area contributed by atoms with E-state index in [4.69, 9.17) is 10.8 Å². The van der Waals surface area contributed by atoms with Gasteiger partial charge < -0.3 is 20.3 Å². The standard InChI is InChI=1S/C15H25N3O2/c1-2-6-17-11-13(16)9-14(17)15(20)18-7-3-4-12(10-18)5-8-19/h9,11-12,19H,2-8,10,16H2,1H3. The number of piperidine rings is 1. The van der Waals surface area contributed by atoms with E-state index in [0.29, 0.717) is 17.3 Å². The number of aromatic nitrogens is 1. The second-order valence-corrected chi connectivity index (χ2v) is 5.62. The Morgan fingerprint density at radius 1 is 1.55 bits per heavy atom. The number of aliphatic hydroxyl groups is 1. The van der Waals surface area contributed by atoms with Gasteiger partial charge >= 0.3 is 0 Å². The van der Waals surface area contributed by atoms with Crippen LogP contribution in [0.4, 0.5) is 5.69 Å². The minimum Gasteiger partial charge on any atom is -0.397 e. The molecule has 1 aromatic heterocycles. The Hall–Kier alpha value is -1.49. The van der Waals surface area contributed by atoms with E-state index in [-0.39, 0.29) is 12.5 Å². The number of hydrogen-bond donors (Lipinski definition) is 2. The van der Waals surface area contributed by atoms with E-state index in [1.807, 2.05) is 15.7 Å². The van der Waals surface area contributed by atoms with Gasteiger partial charge in [-0.3, -0.25) is 4.79 Å². The normalized spacial score (nSPS) is 19.3. The molecule has 0 radical (unpaired) electrons. The summed E-state index contributed by atoms with van der Waals surface area (Å²) in [5.41, 5.74) is 7.16. The number of carbonyl (C=O) groups excluding carboxylic acids is 1. The highest BCUT2D eigenvalue weighted by molar-refractivity contribution is 5.94. The van der Waals surface area contributed by atoms with Gasteiger partial charge in [-0.2, -0.15) is 0 Å². The zero-order chi connectivity index (χ0) is 14.5. The van der Waals surface area contributed by atoms with Crippen LogP contribution in [0, 0.1) is 5.92 Å². The summed E-state index contributed by atoms with van der Waals surface area (Å²) in [4.78, 5) is 14.6. The summed E-state index contributed by atoms with van der Waals surface area (Å²) >= 11 is 0. The lowest BCUT2D eigenvalue weighted by Gasteiger charge is -2.32. The van der Waals surface area contributed by atoms with Crippen LogP contribution >= 0.6 is 0 Å². The molecule has 3 N–H and O–H groups in total. The van der Waals surface area contributed by atoms with Gasteiger partial charge in [-0.25, -0.2) is 0 Å². The van der Waals surface area contributed by atoms with Crippen molar-refractivity contribution in [3.05, 3.63) is 18.0 Å². The molecule has 5 nitrogen and oxygen atoms in total. The fourth-order valence-corrected chi connectivity index (χ4v) is 2.97. The van der Waals surface area contributed by atoms with E-state index in [0.717, 1.165) is 45.3 Å². The Balaban J connectivity index is 2.10. The van der Waals surface area contributed by atoms with Crippen molar-refractivity contribution >= 4 is 11.6 Å². The summed E-state index contributed by atoms with van der Waals surface area (Å²) in [6.45, 7) is 4.65. The van der Waals surface area contributed by atoms with Gasteiger partial charge in [0.1, 0.15) is 5.69 Å². The van der Waals surface area contributed by atoms with Crippen molar-refractivity contribution in [1.82, 2.24) is 9.47 Å². The number of hydrogen-bond acceptors (Lipinski definition) is 3. The largest absolute Gasteiger partial charge is 0.397 e. The van der Waals surface area contributed by atoms with Crippen molar-refractivity contribution in [2.24, 2.45) is 5.92 Å². The molecule has 1 aromatic rings. The van der Waals surface area contributed by atoms with E-state index in [1.54, 1.807) is 6.07 Å². The van der Waals surface area contributed by atoms with Crippen LogP contribution in [0.25, 0.3) is 0 Å². The van der Waals surface area contributed by atoms with Crippen molar-refractivity contribution in [1.29, 1.82) is 0 Å². The number of carbonyl (C=O) groups is 1. The predicted octanol–water partition coefficient (Wildman–Crippen LogP) is 1.71. The quantitative estimate of drug-likeness (QED) is 0.862. The van der Waals surface area contributed by atoms with Crippen LogP contribution < -0.4 is 5.73 Å². The van der Waals surface area contributed by atoms with Crippen molar-refractivity contribution < 1.29 is 9.90 Å². The number of aryl methyl sites for hydroxylation is 1. The number of amides is 1. The van der Waals surface area contributed by atoms with Gasteiger partial charge in [0.15, 0.2) is 0 Å². The Morgan fingerprint density at radius 2 is 2.35 bits per heavy atom. The third kappa shape index (κ3) is 3.33. The Labute approximate surface area is 120 Å². The maximum atomic E-state index is 12.6. The molecule has 1 fully saturated rings. The highest BCUT2D eigenvalue weighted by Gasteiger charge is 2.26. The molecule has 0 aromatic carbocycles. The van der Waals surface area contributed by atoms with Gasteiger partial charge in [-0.15, -0.1) is 0 Å². The third-order valence-corrected chi connectivity index (χ3v) is 3.94. The summed E-state index contributed by atoms with van der Waals surface area (Å²) < 4.78 is 1.95. The predicted molar refractivity (Wildman–Crippen MR) is 79.5 cm³/mol. The average molecular weight is 279 g/mol. The fraction of sp³-hybridized carbons (Fsp3) is 0.667. The van der Waals surface area contributed by atoms with Gasteiger partial charge in [0.25, 0.3) is 5.91 Å². The number of aliphatic hydroxyl groups excluding tert-OH is 1. The van der Waals surface area contributed by atoms with Crippen LogP contribution in [0.2, 0.25) is 0 Å². The molecule has 112 valence electrons. The number of rotatable bonds is 5. The number of nitrogens with zero attached hydrogens (tertiary/aromatic N) is 2. The fourth-order valence-electron chi connectivity index (χ4n) is 2.97. The molecule has 1 unspecified atom stereocenters. The van der Waals surface area contributed by atoms with Crippen LogP contribution in [-0.4, -0.2) is 40.2 Å². The van der Waals surface area contributed by atoms with Crippen molar-refractivity contribution in [3.63, 3.8) is 0 Å². The summed E-state index contributed by atoms with van der Waals surface area (Å²) in [6, 6.07) is 1.77. The molecule has 1 saturated heterocycles. The van der Waals surface area contributed by atoms with E-state index in [1.165, 1.54) is 0 Å². The molecule has 1 amide bonds. The van der Waals surface area contributed by atoms with Gasteiger partial charge in [0.2, 0.25) is 0 Å². The first kappa shape index (κ1) is 14.9. The number of nitrogens with two attached hydrogens (primary N) is 1. The highest BCUT2D eigenvalue weighted by Crippen LogP contribution is 2.22. The minimum absolute atomic E-state index is 0.0674. The van der Waals surface area contributed by atoms with Crippen LogP contribution in [0.15, 0.2) is 12.3 Å². The lowest BCUT2D eigenvalue weighted by Crippen LogP contribution is -2.40. The molecule has 0 saturated carbocycles. The van der Waals surface area contributed by atoms with E-state index >= 15 is 0 Å². The van der Waals surface area contributed by atoms with Crippen LogP contribution in [0.5, 0.6) is 0 Å². The Morgan fingerprint density at radius 3 is 3.05 bits per heavy atom. The summed E-state index contributed by atoms with van der Waals surface area (Å²) in [5.74, 6) is 0.488. The molecule has 0 aliphatic carbocycles. The molecular weight excluding hydrogens is 254 g/mol. The summed E-state index contributed by atoms with van der Waals surface area (Å²) in [7, 11) is 0. The van der Waals surface area contributed by atoms with Crippen LogP contribution in [-0.2, 0) is 6.54 Å². The third-order valence-electron chi connectivity index (χ3n) is 3.94. The maximum absolute atomic E-state index is 12.6. The summed E-state index contributed by atoms with van der Waals surface area (Å²) in [5, 5.41) is 9.05. The monoisotopic (exact) mass is 279 g/mol. The van der Waals surface area contributed by atoms with Crippen LogP contribution in [0.1, 0.15) is 43.1 Å². The zero-order valence-electron chi connectivity index (χ0n) is 12.2. The maximum Gasteiger partial charge on any atom is 0.270 e. The smallest absolute Gasteiger partial charge is 0.270 e. The molecule has 1 aliphatic heterocycles. The van der Waals surface area contributed by atoms with Gasteiger partial charge in [0.05, 0.1) is 5.69 Å². The molecular formula is C15H25N3O2. The van der Waals surface area contributed by atoms with E-state index < -0.39 is 0 Å². The first-order chi connectivity index (χ1) is 9.65. The average Bonchev–Trinajstić information content (AvgIpc) is 2.80. The SMILES string of the molecule is CCCn1cc(N)cc1C(=O)N1CCCC(CCO)C1. The first-order valence-electron chi connectivity index (χ1n) is 7.51. The first-order valence-corrected chi connectivity index (χ1v) is 7.51.